The lowest BCUT2D eigenvalue weighted by molar-refractivity contribution is -0.113. The molecule has 1 atom stereocenters. The molecule has 0 fully saturated rings. The number of anilines is 1. The molecule has 140 valence electrons. The highest BCUT2D eigenvalue weighted by molar-refractivity contribution is 7.80. The maximum absolute atomic E-state index is 13.3. The summed E-state index contributed by atoms with van der Waals surface area (Å²) >= 11 is 18.2. The van der Waals surface area contributed by atoms with Gasteiger partial charge in [0, 0.05) is 24.8 Å². The standard InChI is InChI=1S/C20H19Cl2N3OS/c1-12-17(19(26)23-16-11-7-6-10-15(16)22)18(25(3)20(27)24(12)2)13-8-4-5-9-14(13)21/h4-11,18H,1-3H3,(H,23,26). The van der Waals surface area contributed by atoms with Crippen LogP contribution in [0.1, 0.15) is 18.5 Å². The minimum atomic E-state index is -0.398. The van der Waals surface area contributed by atoms with Gasteiger partial charge in [0.2, 0.25) is 0 Å². The SMILES string of the molecule is CC1=C(C(=O)Nc2ccccc2Cl)C(c2ccccc2Cl)N(C)C(=S)N1C. The maximum Gasteiger partial charge on any atom is 0.255 e. The van der Waals surface area contributed by atoms with Crippen LogP contribution >= 0.6 is 35.4 Å². The molecule has 0 aromatic heterocycles. The molecule has 1 amide bonds. The molecular weight excluding hydrogens is 401 g/mol. The summed E-state index contributed by atoms with van der Waals surface area (Å²) in [6.07, 6.45) is 0. The van der Waals surface area contributed by atoms with E-state index in [4.69, 9.17) is 35.4 Å². The fourth-order valence-corrected chi connectivity index (χ4v) is 3.83. The Hall–Kier alpha value is -2.08. The number of benzene rings is 2. The average molecular weight is 420 g/mol. The number of halogens is 2. The van der Waals surface area contributed by atoms with Crippen LogP contribution in [0.5, 0.6) is 0 Å². The van der Waals surface area contributed by atoms with Crippen LogP contribution in [0.4, 0.5) is 5.69 Å². The number of likely N-dealkylation sites (N-methyl/N-ethyl adjacent to an activating group) is 1. The van der Waals surface area contributed by atoms with E-state index in [1.165, 1.54) is 0 Å². The summed E-state index contributed by atoms with van der Waals surface area (Å²) in [7, 11) is 3.71. The van der Waals surface area contributed by atoms with E-state index in [0.717, 1.165) is 11.3 Å². The molecule has 2 aromatic carbocycles. The molecule has 1 heterocycles. The van der Waals surface area contributed by atoms with Gasteiger partial charge in [-0.25, -0.2) is 0 Å². The van der Waals surface area contributed by atoms with E-state index in [0.29, 0.717) is 26.4 Å². The molecule has 0 radical (unpaired) electrons. The van der Waals surface area contributed by atoms with Gasteiger partial charge in [0.25, 0.3) is 5.91 Å². The molecule has 3 rings (SSSR count). The van der Waals surface area contributed by atoms with E-state index in [2.05, 4.69) is 5.32 Å². The van der Waals surface area contributed by atoms with Crippen LogP contribution in [-0.4, -0.2) is 34.9 Å². The third-order valence-electron chi connectivity index (χ3n) is 4.71. The number of amides is 1. The fourth-order valence-electron chi connectivity index (χ4n) is 3.16. The van der Waals surface area contributed by atoms with Gasteiger partial charge in [0.1, 0.15) is 0 Å². The molecule has 0 saturated heterocycles. The van der Waals surface area contributed by atoms with Gasteiger partial charge in [-0.1, -0.05) is 53.5 Å². The number of thiocarbonyl (C=S) groups is 1. The summed E-state index contributed by atoms with van der Waals surface area (Å²) in [4.78, 5) is 17.0. The van der Waals surface area contributed by atoms with E-state index in [1.807, 2.05) is 67.2 Å². The van der Waals surface area contributed by atoms with Crippen molar-refractivity contribution in [1.82, 2.24) is 9.80 Å². The molecule has 27 heavy (non-hydrogen) atoms. The third kappa shape index (κ3) is 3.68. The number of carbonyl (C=O) groups is 1. The number of nitrogens with zero attached hydrogens (tertiary/aromatic N) is 2. The number of hydrogen-bond acceptors (Lipinski definition) is 2. The van der Waals surface area contributed by atoms with Crippen molar-refractivity contribution >= 4 is 52.1 Å². The van der Waals surface area contributed by atoms with Crippen LogP contribution < -0.4 is 5.32 Å². The monoisotopic (exact) mass is 419 g/mol. The highest BCUT2D eigenvalue weighted by Gasteiger charge is 2.37. The first-order valence-electron chi connectivity index (χ1n) is 8.34. The van der Waals surface area contributed by atoms with Gasteiger partial charge in [-0.2, -0.15) is 0 Å². The topological polar surface area (TPSA) is 35.6 Å². The molecule has 2 aromatic rings. The van der Waals surface area contributed by atoms with Crippen molar-refractivity contribution in [3.8, 4) is 0 Å². The Kier molecular flexibility index (Phi) is 5.75. The van der Waals surface area contributed by atoms with Crippen molar-refractivity contribution in [3.05, 3.63) is 75.4 Å². The number of rotatable bonds is 3. The van der Waals surface area contributed by atoms with Crippen LogP contribution in [-0.2, 0) is 4.79 Å². The average Bonchev–Trinajstić information content (AvgIpc) is 2.65. The van der Waals surface area contributed by atoms with Gasteiger partial charge in [-0.3, -0.25) is 4.79 Å². The smallest absolute Gasteiger partial charge is 0.255 e. The van der Waals surface area contributed by atoms with Gasteiger partial charge in [-0.05, 0) is 42.9 Å². The Morgan fingerprint density at radius 2 is 1.63 bits per heavy atom. The summed E-state index contributed by atoms with van der Waals surface area (Å²) in [5, 5.41) is 4.59. The largest absolute Gasteiger partial charge is 0.340 e. The first-order valence-corrected chi connectivity index (χ1v) is 9.51. The molecule has 1 unspecified atom stereocenters. The number of allylic oxidation sites excluding steroid dienone is 1. The highest BCUT2D eigenvalue weighted by atomic mass is 35.5. The lowest BCUT2D eigenvalue weighted by Crippen LogP contribution is -2.47. The molecule has 1 aliphatic heterocycles. The lowest BCUT2D eigenvalue weighted by atomic mass is 9.93. The quantitative estimate of drug-likeness (QED) is 0.701. The van der Waals surface area contributed by atoms with Gasteiger partial charge < -0.3 is 15.1 Å². The molecule has 0 aliphatic carbocycles. The maximum atomic E-state index is 13.3. The molecule has 0 saturated carbocycles. The van der Waals surface area contributed by atoms with Crippen LogP contribution in [0.25, 0.3) is 0 Å². The predicted molar refractivity (Wildman–Crippen MR) is 115 cm³/mol. The first kappa shape index (κ1) is 19.7. The second-order valence-corrected chi connectivity index (χ2v) is 7.49. The summed E-state index contributed by atoms with van der Waals surface area (Å²) in [5.74, 6) is -0.244. The first-order chi connectivity index (χ1) is 12.8. The van der Waals surface area contributed by atoms with E-state index in [-0.39, 0.29) is 5.91 Å². The van der Waals surface area contributed by atoms with Gasteiger partial charge in [0.15, 0.2) is 5.11 Å². The molecule has 4 nitrogen and oxygen atoms in total. The number of nitrogens with one attached hydrogen (secondary N) is 1. The lowest BCUT2D eigenvalue weighted by Gasteiger charge is -2.42. The second kappa shape index (κ2) is 7.89. The number of carbonyl (C=O) groups excluding carboxylic acids is 1. The van der Waals surface area contributed by atoms with Crippen molar-refractivity contribution in [2.75, 3.05) is 19.4 Å². The van der Waals surface area contributed by atoms with Crippen molar-refractivity contribution in [2.24, 2.45) is 0 Å². The Balaban J connectivity index is 2.10. The van der Waals surface area contributed by atoms with Gasteiger partial charge in [0.05, 0.1) is 22.3 Å². The van der Waals surface area contributed by atoms with Gasteiger partial charge >= 0.3 is 0 Å². The van der Waals surface area contributed by atoms with Crippen LogP contribution in [0.2, 0.25) is 10.0 Å². The molecular formula is C20H19Cl2N3OS. The second-order valence-electron chi connectivity index (χ2n) is 6.31. The summed E-state index contributed by atoms with van der Waals surface area (Å²) in [6.45, 7) is 1.88. The zero-order valence-corrected chi connectivity index (χ0v) is 17.5. The number of para-hydroxylation sites is 1. The Bertz CT molecular complexity index is 944. The van der Waals surface area contributed by atoms with Crippen molar-refractivity contribution in [1.29, 1.82) is 0 Å². The summed E-state index contributed by atoms with van der Waals surface area (Å²) < 4.78 is 0. The fraction of sp³-hybridized carbons (Fsp3) is 0.200. The molecule has 0 bridgehead atoms. The Morgan fingerprint density at radius 3 is 2.26 bits per heavy atom. The summed E-state index contributed by atoms with van der Waals surface area (Å²) in [5.41, 5.74) is 2.72. The molecule has 1 N–H and O–H groups in total. The zero-order valence-electron chi connectivity index (χ0n) is 15.2. The minimum Gasteiger partial charge on any atom is -0.340 e. The zero-order chi connectivity index (χ0) is 19.7. The molecule has 0 spiro atoms. The van der Waals surface area contributed by atoms with Crippen molar-refractivity contribution in [3.63, 3.8) is 0 Å². The number of hydrogen-bond donors (Lipinski definition) is 1. The molecule has 7 heteroatoms. The van der Waals surface area contributed by atoms with Crippen LogP contribution in [0.3, 0.4) is 0 Å². The van der Waals surface area contributed by atoms with Crippen molar-refractivity contribution in [2.45, 2.75) is 13.0 Å². The van der Waals surface area contributed by atoms with Crippen LogP contribution in [0, 0.1) is 0 Å². The van der Waals surface area contributed by atoms with E-state index < -0.39 is 6.04 Å². The normalized spacial score (nSPS) is 17.4. The Labute approximate surface area is 174 Å². The van der Waals surface area contributed by atoms with E-state index in [1.54, 1.807) is 12.1 Å². The minimum absolute atomic E-state index is 0.244. The predicted octanol–water partition coefficient (Wildman–Crippen LogP) is 5.11. The van der Waals surface area contributed by atoms with Gasteiger partial charge in [-0.15, -0.1) is 0 Å². The molecule has 1 aliphatic rings. The Morgan fingerprint density at radius 1 is 1.04 bits per heavy atom. The van der Waals surface area contributed by atoms with Crippen molar-refractivity contribution < 1.29 is 4.79 Å². The third-order valence-corrected chi connectivity index (χ3v) is 5.94. The summed E-state index contributed by atoms with van der Waals surface area (Å²) in [6, 6.07) is 14.2. The highest BCUT2D eigenvalue weighted by Crippen LogP contribution is 2.39. The van der Waals surface area contributed by atoms with E-state index in [9.17, 15) is 4.79 Å². The van der Waals surface area contributed by atoms with E-state index >= 15 is 0 Å². The van der Waals surface area contributed by atoms with Crippen LogP contribution in [0.15, 0.2) is 59.8 Å².